The second-order valence-corrected chi connectivity index (χ2v) is 10.7. The van der Waals surface area contributed by atoms with Gasteiger partial charge in [0.25, 0.3) is 0 Å². The van der Waals surface area contributed by atoms with E-state index in [0.29, 0.717) is 51.4 Å². The maximum Gasteiger partial charge on any atom is 0.410 e. The Kier molecular flexibility index (Phi) is 11.3. The molecule has 0 aromatic rings. The monoisotopic (exact) mass is 495 g/mol. The standard InChI is InChI=1S/C26H45N3O6/c1-6-9-21(24(32)34-7-2)27-23(31)20-10-8-15-29(18-20)22(30)12-11-19-13-16-28(17-14-19)25(33)35-26(3,4)5/h19-21H,6-18H2,1-5H3,(H,27,31)/t20-,21+/m1/s1. The van der Waals surface area contributed by atoms with Gasteiger partial charge in [0.05, 0.1) is 12.5 Å². The van der Waals surface area contributed by atoms with Gasteiger partial charge >= 0.3 is 12.1 Å². The summed E-state index contributed by atoms with van der Waals surface area (Å²) in [5.41, 5.74) is -0.501. The molecule has 0 spiro atoms. The molecule has 2 rings (SSSR count). The Hall–Kier alpha value is -2.32. The molecule has 0 aromatic carbocycles. The van der Waals surface area contributed by atoms with E-state index in [2.05, 4.69) is 5.32 Å². The normalized spacial score (nSPS) is 20.2. The third-order valence-electron chi connectivity index (χ3n) is 6.64. The number of amides is 3. The first-order valence-electron chi connectivity index (χ1n) is 13.3. The van der Waals surface area contributed by atoms with Crippen LogP contribution in [0.5, 0.6) is 0 Å². The Morgan fingerprint density at radius 1 is 1.00 bits per heavy atom. The molecule has 0 bridgehead atoms. The summed E-state index contributed by atoms with van der Waals surface area (Å²) in [5, 5.41) is 2.85. The number of carbonyl (C=O) groups is 4. The SMILES string of the molecule is CCC[C@H](NC(=O)[C@@H]1CCCN(C(=O)CCC2CCN(C(=O)OC(C)(C)C)CC2)C1)C(=O)OCC. The fraction of sp³-hybridized carbons (Fsp3) is 0.846. The lowest BCUT2D eigenvalue weighted by Gasteiger charge is -2.35. The maximum absolute atomic E-state index is 12.9. The topological polar surface area (TPSA) is 105 Å². The number of hydrogen-bond donors (Lipinski definition) is 1. The van der Waals surface area contributed by atoms with Crippen molar-refractivity contribution in [3.63, 3.8) is 0 Å². The molecule has 0 radical (unpaired) electrons. The van der Waals surface area contributed by atoms with Crippen molar-refractivity contribution >= 4 is 23.9 Å². The lowest BCUT2D eigenvalue weighted by atomic mass is 9.91. The van der Waals surface area contributed by atoms with E-state index in [1.165, 1.54) is 0 Å². The van der Waals surface area contributed by atoms with Gasteiger partial charge in [-0.2, -0.15) is 0 Å². The van der Waals surface area contributed by atoms with Gasteiger partial charge in [-0.1, -0.05) is 13.3 Å². The molecule has 9 nitrogen and oxygen atoms in total. The molecule has 2 aliphatic heterocycles. The van der Waals surface area contributed by atoms with E-state index in [9.17, 15) is 19.2 Å². The van der Waals surface area contributed by atoms with Crippen molar-refractivity contribution < 1.29 is 28.7 Å². The summed E-state index contributed by atoms with van der Waals surface area (Å²) in [6.07, 6.45) is 5.48. The van der Waals surface area contributed by atoms with Gasteiger partial charge in [0.15, 0.2) is 0 Å². The first-order valence-corrected chi connectivity index (χ1v) is 13.3. The number of nitrogens with one attached hydrogen (secondary N) is 1. The molecule has 1 N–H and O–H groups in total. The van der Waals surface area contributed by atoms with Gasteiger partial charge in [0.2, 0.25) is 11.8 Å². The van der Waals surface area contributed by atoms with Crippen molar-refractivity contribution in [2.24, 2.45) is 11.8 Å². The van der Waals surface area contributed by atoms with Crippen molar-refractivity contribution in [1.29, 1.82) is 0 Å². The molecule has 2 atom stereocenters. The van der Waals surface area contributed by atoms with Crippen molar-refractivity contribution in [2.45, 2.75) is 97.6 Å². The lowest BCUT2D eigenvalue weighted by molar-refractivity contribution is -0.148. The Labute approximate surface area is 210 Å². The van der Waals surface area contributed by atoms with E-state index in [4.69, 9.17) is 9.47 Å². The number of hydrogen-bond acceptors (Lipinski definition) is 6. The van der Waals surface area contributed by atoms with Crippen LogP contribution in [0.3, 0.4) is 0 Å². The molecule has 200 valence electrons. The van der Waals surface area contributed by atoms with E-state index in [1.807, 2.05) is 27.7 Å². The van der Waals surface area contributed by atoms with Crippen LogP contribution in [0.2, 0.25) is 0 Å². The summed E-state index contributed by atoms with van der Waals surface area (Å²) in [6.45, 7) is 11.9. The molecule has 0 aromatic heterocycles. The van der Waals surface area contributed by atoms with Crippen LogP contribution < -0.4 is 5.32 Å². The summed E-state index contributed by atoms with van der Waals surface area (Å²) < 4.78 is 10.5. The van der Waals surface area contributed by atoms with E-state index in [-0.39, 0.29) is 30.4 Å². The number of ether oxygens (including phenoxy) is 2. The molecule has 0 saturated carbocycles. The second-order valence-electron chi connectivity index (χ2n) is 10.7. The Bertz CT molecular complexity index is 727. The molecule has 3 amide bonds. The highest BCUT2D eigenvalue weighted by atomic mass is 16.6. The van der Waals surface area contributed by atoms with Crippen LogP contribution in [0.15, 0.2) is 0 Å². The molecule has 2 heterocycles. The minimum atomic E-state index is -0.634. The van der Waals surface area contributed by atoms with Crippen LogP contribution >= 0.6 is 0 Å². The van der Waals surface area contributed by atoms with Crippen molar-refractivity contribution in [2.75, 3.05) is 32.8 Å². The maximum atomic E-state index is 12.9. The zero-order chi connectivity index (χ0) is 26.0. The molecule has 2 fully saturated rings. The quantitative estimate of drug-likeness (QED) is 0.491. The molecular weight excluding hydrogens is 450 g/mol. The average Bonchev–Trinajstić information content (AvgIpc) is 2.81. The summed E-state index contributed by atoms with van der Waals surface area (Å²) >= 11 is 0. The minimum Gasteiger partial charge on any atom is -0.464 e. The first kappa shape index (κ1) is 28.9. The molecule has 2 aliphatic rings. The number of nitrogens with zero attached hydrogens (tertiary/aromatic N) is 2. The van der Waals surface area contributed by atoms with Crippen molar-refractivity contribution in [3.05, 3.63) is 0 Å². The summed E-state index contributed by atoms with van der Waals surface area (Å²) in [6, 6.07) is -0.634. The van der Waals surface area contributed by atoms with E-state index in [0.717, 1.165) is 32.1 Å². The van der Waals surface area contributed by atoms with E-state index >= 15 is 0 Å². The molecule has 35 heavy (non-hydrogen) atoms. The van der Waals surface area contributed by atoms with Crippen LogP contribution in [-0.4, -0.2) is 78.1 Å². The minimum absolute atomic E-state index is 0.0765. The van der Waals surface area contributed by atoms with E-state index < -0.39 is 17.6 Å². The van der Waals surface area contributed by atoms with Gasteiger partial charge in [-0.25, -0.2) is 9.59 Å². The third kappa shape index (κ3) is 9.68. The predicted molar refractivity (Wildman–Crippen MR) is 133 cm³/mol. The Morgan fingerprint density at radius 2 is 1.69 bits per heavy atom. The summed E-state index contributed by atoms with van der Waals surface area (Å²) in [4.78, 5) is 53.7. The Morgan fingerprint density at radius 3 is 2.29 bits per heavy atom. The highest BCUT2D eigenvalue weighted by Crippen LogP contribution is 2.25. The highest BCUT2D eigenvalue weighted by molar-refractivity contribution is 5.86. The summed E-state index contributed by atoms with van der Waals surface area (Å²) in [7, 11) is 0. The predicted octanol–water partition coefficient (Wildman–Crippen LogP) is 3.50. The molecule has 2 saturated heterocycles. The third-order valence-corrected chi connectivity index (χ3v) is 6.64. The first-order chi connectivity index (χ1) is 16.5. The number of piperidine rings is 2. The van der Waals surface area contributed by atoms with Gasteiger partial charge < -0.3 is 24.6 Å². The Balaban J connectivity index is 1.77. The fourth-order valence-electron chi connectivity index (χ4n) is 4.70. The van der Waals surface area contributed by atoms with Crippen LogP contribution in [0.1, 0.15) is 86.0 Å². The second kappa shape index (κ2) is 13.7. The summed E-state index contributed by atoms with van der Waals surface area (Å²) in [5.74, 6) is -0.403. The number of likely N-dealkylation sites (tertiary alicyclic amines) is 2. The lowest BCUT2D eigenvalue weighted by Crippen LogP contribution is -2.49. The highest BCUT2D eigenvalue weighted by Gasteiger charge is 2.32. The molecule has 0 unspecified atom stereocenters. The molecule has 9 heteroatoms. The smallest absolute Gasteiger partial charge is 0.410 e. The largest absolute Gasteiger partial charge is 0.464 e. The zero-order valence-corrected chi connectivity index (χ0v) is 22.3. The van der Waals surface area contributed by atoms with E-state index in [1.54, 1.807) is 16.7 Å². The zero-order valence-electron chi connectivity index (χ0n) is 22.3. The van der Waals surface area contributed by atoms with Crippen molar-refractivity contribution in [1.82, 2.24) is 15.1 Å². The van der Waals surface area contributed by atoms with Gasteiger partial charge in [-0.05, 0) is 72.1 Å². The molecule has 0 aliphatic carbocycles. The van der Waals surface area contributed by atoms with Crippen LogP contribution in [-0.2, 0) is 23.9 Å². The van der Waals surface area contributed by atoms with Gasteiger partial charge in [0, 0.05) is 32.6 Å². The van der Waals surface area contributed by atoms with Crippen LogP contribution in [0.25, 0.3) is 0 Å². The molecular formula is C26H45N3O6. The number of carbonyl (C=O) groups excluding carboxylic acids is 4. The number of esters is 1. The fourth-order valence-corrected chi connectivity index (χ4v) is 4.70. The van der Waals surface area contributed by atoms with Gasteiger partial charge in [-0.15, -0.1) is 0 Å². The average molecular weight is 496 g/mol. The van der Waals surface area contributed by atoms with Crippen molar-refractivity contribution in [3.8, 4) is 0 Å². The van der Waals surface area contributed by atoms with Crippen LogP contribution in [0, 0.1) is 11.8 Å². The number of rotatable bonds is 9. The van der Waals surface area contributed by atoms with Gasteiger partial charge in [0.1, 0.15) is 11.6 Å². The van der Waals surface area contributed by atoms with Crippen LogP contribution in [0.4, 0.5) is 4.79 Å². The van der Waals surface area contributed by atoms with Gasteiger partial charge in [-0.3, -0.25) is 9.59 Å².